The summed E-state index contributed by atoms with van der Waals surface area (Å²) in [5, 5.41) is 3.55. The van der Waals surface area contributed by atoms with Gasteiger partial charge in [0, 0.05) is 44.3 Å². The molecule has 4 heterocycles. The third-order valence-corrected chi connectivity index (χ3v) is 6.56. The third kappa shape index (κ3) is 4.27. The first-order chi connectivity index (χ1) is 16.0. The largest absolute Gasteiger partial charge is 0.378 e. The number of carbonyl (C=O) groups is 2. The molecule has 33 heavy (non-hydrogen) atoms. The van der Waals surface area contributed by atoms with E-state index in [2.05, 4.69) is 20.3 Å². The number of hydrogen-bond donors (Lipinski definition) is 2. The number of imidazole rings is 1. The maximum atomic E-state index is 13.4. The van der Waals surface area contributed by atoms with E-state index in [1.54, 1.807) is 16.0 Å². The lowest BCUT2D eigenvalue weighted by Gasteiger charge is -2.40. The van der Waals surface area contributed by atoms with Gasteiger partial charge in [-0.2, -0.15) is 0 Å². The van der Waals surface area contributed by atoms with Gasteiger partial charge in [-0.25, -0.2) is 9.37 Å². The van der Waals surface area contributed by atoms with Crippen molar-refractivity contribution in [2.24, 2.45) is 0 Å². The minimum absolute atomic E-state index is 0.0988. The highest BCUT2D eigenvalue weighted by atomic mass is 19.1. The Labute approximate surface area is 191 Å². The minimum atomic E-state index is -1.46. The Morgan fingerprint density at radius 2 is 1.91 bits per heavy atom. The average Bonchev–Trinajstić information content (AvgIpc) is 3.25. The second kappa shape index (κ2) is 8.80. The Morgan fingerprint density at radius 1 is 1.15 bits per heavy atom. The van der Waals surface area contributed by atoms with E-state index in [1.165, 1.54) is 6.92 Å². The molecule has 5 rings (SSSR count). The lowest BCUT2D eigenvalue weighted by Crippen LogP contribution is -2.57. The van der Waals surface area contributed by atoms with Crippen LogP contribution in [0.3, 0.4) is 0 Å². The number of nitrogens with zero attached hydrogens (tertiary/aromatic N) is 4. The monoisotopic (exact) mass is 450 g/mol. The smallest absolute Gasteiger partial charge is 0.289 e. The number of piperidine rings is 1. The highest BCUT2D eigenvalue weighted by molar-refractivity contribution is 5.94. The average molecular weight is 451 g/mol. The number of carbonyl (C=O) groups excluding carboxylic acids is 2. The van der Waals surface area contributed by atoms with Gasteiger partial charge in [-0.15, -0.1) is 0 Å². The zero-order chi connectivity index (χ0) is 22.9. The number of fused-ring (bicyclic) bond motifs is 1. The maximum absolute atomic E-state index is 13.4. The molecule has 0 aliphatic carbocycles. The molecule has 2 aliphatic rings. The van der Waals surface area contributed by atoms with Crippen molar-refractivity contribution >= 4 is 28.5 Å². The Morgan fingerprint density at radius 3 is 2.64 bits per heavy atom. The normalized spacial score (nSPS) is 18.2. The van der Waals surface area contributed by atoms with Crippen LogP contribution in [-0.2, 0) is 4.79 Å². The van der Waals surface area contributed by atoms with Crippen molar-refractivity contribution in [3.05, 3.63) is 54.1 Å². The SMILES string of the molecule is CC(F)C(=O)N1CCC(c2cnccc2NC2CN(C(=O)c3nc4ccccc4[nH]3)C2)CC1. The number of aromatic nitrogens is 3. The summed E-state index contributed by atoms with van der Waals surface area (Å²) in [6.07, 6.45) is 3.73. The van der Waals surface area contributed by atoms with Gasteiger partial charge in [-0.1, -0.05) is 12.1 Å². The zero-order valence-electron chi connectivity index (χ0n) is 18.5. The zero-order valence-corrected chi connectivity index (χ0v) is 18.5. The molecule has 1 unspecified atom stereocenters. The first kappa shape index (κ1) is 21.4. The molecule has 0 radical (unpaired) electrons. The number of hydrogen-bond acceptors (Lipinski definition) is 5. The van der Waals surface area contributed by atoms with Crippen LogP contribution in [-0.4, -0.2) is 75.0 Å². The van der Waals surface area contributed by atoms with Crippen molar-refractivity contribution in [3.63, 3.8) is 0 Å². The van der Waals surface area contributed by atoms with Crippen molar-refractivity contribution in [1.29, 1.82) is 0 Å². The summed E-state index contributed by atoms with van der Waals surface area (Å²) < 4.78 is 13.4. The lowest BCUT2D eigenvalue weighted by molar-refractivity contribution is -0.136. The number of alkyl halides is 1. The molecule has 2 aromatic heterocycles. The van der Waals surface area contributed by atoms with Crippen LogP contribution in [0.15, 0.2) is 42.7 Å². The Balaban J connectivity index is 1.19. The van der Waals surface area contributed by atoms with E-state index in [4.69, 9.17) is 0 Å². The van der Waals surface area contributed by atoms with Gasteiger partial charge in [0.25, 0.3) is 11.8 Å². The molecule has 0 spiro atoms. The van der Waals surface area contributed by atoms with E-state index in [0.717, 1.165) is 35.1 Å². The number of likely N-dealkylation sites (tertiary alicyclic amines) is 2. The number of halogens is 1. The third-order valence-electron chi connectivity index (χ3n) is 6.56. The minimum Gasteiger partial charge on any atom is -0.378 e. The van der Waals surface area contributed by atoms with Crippen molar-refractivity contribution in [3.8, 4) is 0 Å². The molecule has 8 nitrogen and oxygen atoms in total. The molecule has 2 aliphatic heterocycles. The van der Waals surface area contributed by atoms with Gasteiger partial charge in [0.1, 0.15) is 0 Å². The van der Waals surface area contributed by atoms with Crippen LogP contribution < -0.4 is 5.32 Å². The molecule has 1 aromatic carbocycles. The molecule has 3 aromatic rings. The van der Waals surface area contributed by atoms with Crippen molar-refractivity contribution in [1.82, 2.24) is 24.8 Å². The Bertz CT molecular complexity index is 1130. The molecular formula is C24H27FN6O2. The fourth-order valence-electron chi connectivity index (χ4n) is 4.69. The summed E-state index contributed by atoms with van der Waals surface area (Å²) >= 11 is 0. The van der Waals surface area contributed by atoms with Crippen molar-refractivity contribution in [2.45, 2.75) is 37.9 Å². The number of benzene rings is 1. The van der Waals surface area contributed by atoms with Crippen LogP contribution in [0.5, 0.6) is 0 Å². The van der Waals surface area contributed by atoms with Crippen LogP contribution >= 0.6 is 0 Å². The van der Waals surface area contributed by atoms with Crippen LogP contribution in [0, 0.1) is 0 Å². The highest BCUT2D eigenvalue weighted by Gasteiger charge is 2.34. The van der Waals surface area contributed by atoms with E-state index in [1.807, 2.05) is 36.5 Å². The highest BCUT2D eigenvalue weighted by Crippen LogP contribution is 2.33. The maximum Gasteiger partial charge on any atom is 0.289 e. The first-order valence-corrected chi connectivity index (χ1v) is 11.4. The molecule has 0 saturated carbocycles. The predicted octanol–water partition coefficient (Wildman–Crippen LogP) is 2.96. The van der Waals surface area contributed by atoms with Crippen LogP contribution in [0.1, 0.15) is 41.9 Å². The molecule has 2 N–H and O–H groups in total. The number of aromatic amines is 1. The summed E-state index contributed by atoms with van der Waals surface area (Å²) in [5.74, 6) is 0.0941. The molecule has 0 bridgehead atoms. The quantitative estimate of drug-likeness (QED) is 0.623. The molecule has 172 valence electrons. The van der Waals surface area contributed by atoms with Crippen LogP contribution in [0.4, 0.5) is 10.1 Å². The van der Waals surface area contributed by atoms with Gasteiger partial charge in [-0.05, 0) is 49.4 Å². The fourth-order valence-corrected chi connectivity index (χ4v) is 4.69. The number of pyridine rings is 1. The summed E-state index contributed by atoms with van der Waals surface area (Å²) in [6.45, 7) is 3.58. The van der Waals surface area contributed by atoms with Gasteiger partial charge in [0.15, 0.2) is 12.0 Å². The van der Waals surface area contributed by atoms with Gasteiger partial charge in [-0.3, -0.25) is 14.6 Å². The molecular weight excluding hydrogens is 423 g/mol. The number of H-pyrrole nitrogens is 1. The summed E-state index contributed by atoms with van der Waals surface area (Å²) in [6, 6.07) is 9.70. The van der Waals surface area contributed by atoms with Gasteiger partial charge in [0.05, 0.1) is 17.1 Å². The molecule has 2 fully saturated rings. The van der Waals surface area contributed by atoms with Crippen LogP contribution in [0.2, 0.25) is 0 Å². The van der Waals surface area contributed by atoms with E-state index < -0.39 is 12.1 Å². The van der Waals surface area contributed by atoms with Gasteiger partial charge < -0.3 is 20.1 Å². The second-order valence-corrected chi connectivity index (χ2v) is 8.83. The van der Waals surface area contributed by atoms with E-state index in [-0.39, 0.29) is 17.9 Å². The Kier molecular flexibility index (Phi) is 5.70. The number of anilines is 1. The van der Waals surface area contributed by atoms with Crippen molar-refractivity contribution < 1.29 is 14.0 Å². The summed E-state index contributed by atoms with van der Waals surface area (Å²) in [5.41, 5.74) is 3.76. The Hall–Kier alpha value is -3.49. The number of para-hydroxylation sites is 2. The number of nitrogens with one attached hydrogen (secondary N) is 2. The first-order valence-electron chi connectivity index (χ1n) is 11.4. The van der Waals surface area contributed by atoms with Crippen LogP contribution in [0.25, 0.3) is 11.0 Å². The molecule has 2 saturated heterocycles. The fraction of sp³-hybridized carbons (Fsp3) is 0.417. The van der Waals surface area contributed by atoms with Gasteiger partial charge in [0.2, 0.25) is 0 Å². The molecule has 2 amide bonds. The van der Waals surface area contributed by atoms with Crippen molar-refractivity contribution in [2.75, 3.05) is 31.5 Å². The second-order valence-electron chi connectivity index (χ2n) is 8.83. The summed E-state index contributed by atoms with van der Waals surface area (Å²) in [4.78, 5) is 39.9. The van der Waals surface area contributed by atoms with Gasteiger partial charge >= 0.3 is 0 Å². The number of rotatable bonds is 5. The number of amides is 2. The van der Waals surface area contributed by atoms with E-state index >= 15 is 0 Å². The van der Waals surface area contributed by atoms with E-state index in [0.29, 0.717) is 32.0 Å². The van der Waals surface area contributed by atoms with E-state index in [9.17, 15) is 14.0 Å². The predicted molar refractivity (Wildman–Crippen MR) is 123 cm³/mol. The topological polar surface area (TPSA) is 94.2 Å². The molecule has 1 atom stereocenters. The standard InChI is InChI=1S/C24H27FN6O2/c1-15(25)23(32)30-10-7-16(8-11-30)18-12-26-9-6-19(18)27-17-13-31(14-17)24(33)22-28-20-4-2-3-5-21(20)29-22/h2-6,9,12,15-17H,7-8,10-11,13-14H2,1H3,(H,26,27)(H,28,29). The molecule has 9 heteroatoms. The lowest BCUT2D eigenvalue weighted by atomic mass is 9.89. The summed E-state index contributed by atoms with van der Waals surface area (Å²) in [7, 11) is 0.